The molecule has 0 saturated heterocycles. The summed E-state index contributed by atoms with van der Waals surface area (Å²) in [6.45, 7) is 4.29. The molecule has 388 valence electrons. The fraction of sp³-hybridized carbons (Fsp3) is 0.661. The van der Waals surface area contributed by atoms with E-state index in [2.05, 4.69) is 99.8 Å². The monoisotopic (exact) mass is 973 g/mol. The van der Waals surface area contributed by atoms with Crippen LogP contribution in [0.25, 0.3) is 0 Å². The number of unbranched alkanes of at least 4 members (excludes halogenated alkanes) is 14. The molecule has 0 saturated carbocycles. The van der Waals surface area contributed by atoms with Gasteiger partial charge < -0.3 is 24.2 Å². The number of phosphoric ester groups is 1. The van der Waals surface area contributed by atoms with Crippen LogP contribution in [0.4, 0.5) is 0 Å². The van der Waals surface area contributed by atoms with Gasteiger partial charge in [-0.1, -0.05) is 176 Å². The number of phosphoric acid groups is 1. The molecule has 0 spiro atoms. The van der Waals surface area contributed by atoms with Crippen LogP contribution in [0.5, 0.6) is 0 Å². The Morgan fingerprint density at radius 1 is 0.426 bits per heavy atom. The van der Waals surface area contributed by atoms with Gasteiger partial charge in [0.1, 0.15) is 12.7 Å². The lowest BCUT2D eigenvalue weighted by molar-refractivity contribution is -0.161. The van der Waals surface area contributed by atoms with E-state index in [1.54, 1.807) is 0 Å². The zero-order valence-electron chi connectivity index (χ0n) is 42.5. The number of aliphatic hydroxyl groups excluding tert-OH is 1. The topological polar surface area (TPSA) is 155 Å². The smallest absolute Gasteiger partial charge is 0.462 e. The first-order valence-corrected chi connectivity index (χ1v) is 27.6. The number of allylic oxidation sites excluding steroid dienone is 16. The van der Waals surface area contributed by atoms with Crippen LogP contribution in [0.3, 0.4) is 0 Å². The molecule has 3 unspecified atom stereocenters. The summed E-state index contributed by atoms with van der Waals surface area (Å²) in [7, 11) is -4.77. The Morgan fingerprint density at radius 2 is 0.824 bits per heavy atom. The standard InChI is InChI=1S/C56H93O11P/c1-4-7-10-13-16-19-22-25-26-29-32-35-38-41-44-47-56(60)67-53(49-63-54(58)45-42-39-36-33-30-27-23-20-17-14-11-8-5-2)51-65-68(61,62)64-50-52(48-57)66-55(59)46-43-40-37-34-31-28-24-21-18-15-12-9-6-3/h9,11-12,14,16,18-21,23,25-26,28,31,37,40,52-53,57H,4-8,10,13,15,17,22,24,27,29-30,32-36,38-39,41-51H2,1-3H3,(H,61,62)/b12-9-,14-11-,19-16-,21-18-,23-20-,26-25-,31-28-,40-37-. The first kappa shape index (κ1) is 64.4. The van der Waals surface area contributed by atoms with Crippen molar-refractivity contribution in [2.75, 3.05) is 26.4 Å². The number of carbonyl (C=O) groups is 3. The number of hydrogen-bond acceptors (Lipinski definition) is 10. The van der Waals surface area contributed by atoms with E-state index in [-0.39, 0.29) is 25.9 Å². The van der Waals surface area contributed by atoms with Crippen molar-refractivity contribution in [3.8, 4) is 0 Å². The van der Waals surface area contributed by atoms with Crippen molar-refractivity contribution in [1.29, 1.82) is 0 Å². The number of aliphatic hydroxyl groups is 1. The van der Waals surface area contributed by atoms with Crippen LogP contribution in [0.2, 0.25) is 0 Å². The molecule has 0 aliphatic carbocycles. The lowest BCUT2D eigenvalue weighted by Gasteiger charge is -2.21. The summed E-state index contributed by atoms with van der Waals surface area (Å²) in [5.74, 6) is -1.60. The highest BCUT2D eigenvalue weighted by Crippen LogP contribution is 2.43. The maximum absolute atomic E-state index is 12.8. The predicted molar refractivity (Wildman–Crippen MR) is 279 cm³/mol. The molecule has 0 aliphatic rings. The molecular weight excluding hydrogens is 880 g/mol. The Kier molecular flexibility index (Phi) is 47.2. The van der Waals surface area contributed by atoms with Gasteiger partial charge in [0, 0.05) is 19.3 Å². The predicted octanol–water partition coefficient (Wildman–Crippen LogP) is 14.9. The molecule has 2 N–H and O–H groups in total. The minimum Gasteiger partial charge on any atom is -0.462 e. The highest BCUT2D eigenvalue weighted by atomic mass is 31.2. The Hall–Kier alpha value is -3.60. The first-order valence-electron chi connectivity index (χ1n) is 26.1. The number of ether oxygens (including phenoxy) is 3. The average molecular weight is 973 g/mol. The third-order valence-electron chi connectivity index (χ3n) is 10.5. The van der Waals surface area contributed by atoms with Gasteiger partial charge in [0.15, 0.2) is 6.10 Å². The highest BCUT2D eigenvalue weighted by molar-refractivity contribution is 7.47. The second-order valence-corrected chi connectivity index (χ2v) is 18.4. The second-order valence-electron chi connectivity index (χ2n) is 16.9. The Balaban J connectivity index is 4.86. The quantitative estimate of drug-likeness (QED) is 0.0197. The van der Waals surface area contributed by atoms with Gasteiger partial charge in [-0.2, -0.15) is 0 Å². The van der Waals surface area contributed by atoms with E-state index in [0.29, 0.717) is 19.3 Å². The van der Waals surface area contributed by atoms with Gasteiger partial charge in [-0.25, -0.2) is 4.57 Å². The minimum atomic E-state index is -4.77. The molecule has 0 aromatic heterocycles. The summed E-state index contributed by atoms with van der Waals surface area (Å²) in [5.41, 5.74) is 0. The molecule has 0 fully saturated rings. The summed E-state index contributed by atoms with van der Waals surface area (Å²) in [6, 6.07) is 0. The number of hydrogen-bond donors (Lipinski definition) is 2. The molecule has 12 heteroatoms. The van der Waals surface area contributed by atoms with Crippen LogP contribution in [-0.4, -0.2) is 66.5 Å². The summed E-state index contributed by atoms with van der Waals surface area (Å²) >= 11 is 0. The molecule has 0 rings (SSSR count). The van der Waals surface area contributed by atoms with Crippen molar-refractivity contribution in [1.82, 2.24) is 0 Å². The van der Waals surface area contributed by atoms with Gasteiger partial charge in [-0.15, -0.1) is 0 Å². The SMILES string of the molecule is CC/C=C\C/C=C\C/C=C\C/C=C\CCC(=O)OC(CO)COP(=O)(O)OCC(COC(=O)CCCCCCC/C=C\C/C=C\CCC)OC(=O)CCCCCCC/C=C\C/C=C\CCCCC. The van der Waals surface area contributed by atoms with Gasteiger partial charge in [0.05, 0.1) is 19.8 Å². The van der Waals surface area contributed by atoms with Crippen molar-refractivity contribution in [3.05, 3.63) is 97.2 Å². The van der Waals surface area contributed by atoms with Crippen molar-refractivity contribution >= 4 is 25.7 Å². The number of carbonyl (C=O) groups excluding carboxylic acids is 3. The van der Waals surface area contributed by atoms with Gasteiger partial charge in [-0.3, -0.25) is 23.4 Å². The molecular formula is C56H93O11P. The zero-order valence-corrected chi connectivity index (χ0v) is 43.4. The molecule has 0 bridgehead atoms. The summed E-state index contributed by atoms with van der Waals surface area (Å²) in [5, 5.41) is 9.76. The van der Waals surface area contributed by atoms with Gasteiger partial charge in [0.25, 0.3) is 0 Å². The second kappa shape index (κ2) is 49.8. The van der Waals surface area contributed by atoms with Gasteiger partial charge >= 0.3 is 25.7 Å². The molecule has 0 heterocycles. The van der Waals surface area contributed by atoms with Gasteiger partial charge in [-0.05, 0) is 103 Å². The molecule has 0 aromatic carbocycles. The lowest BCUT2D eigenvalue weighted by Crippen LogP contribution is -2.30. The van der Waals surface area contributed by atoms with E-state index in [9.17, 15) is 28.9 Å². The third-order valence-corrected chi connectivity index (χ3v) is 11.4. The molecule has 0 amide bonds. The molecule has 11 nitrogen and oxygen atoms in total. The van der Waals surface area contributed by atoms with E-state index in [1.165, 1.54) is 19.3 Å². The fourth-order valence-corrected chi connectivity index (χ4v) is 7.28. The molecule has 3 atom stereocenters. The molecule has 68 heavy (non-hydrogen) atoms. The molecule has 0 aromatic rings. The lowest BCUT2D eigenvalue weighted by atomic mass is 10.1. The summed E-state index contributed by atoms with van der Waals surface area (Å²) in [4.78, 5) is 48.3. The van der Waals surface area contributed by atoms with E-state index in [4.69, 9.17) is 23.3 Å². The molecule has 0 radical (unpaired) electrons. The summed E-state index contributed by atoms with van der Waals surface area (Å²) < 4.78 is 39.2. The van der Waals surface area contributed by atoms with Crippen LogP contribution in [0.15, 0.2) is 97.2 Å². The van der Waals surface area contributed by atoms with E-state index in [0.717, 1.165) is 122 Å². The van der Waals surface area contributed by atoms with Gasteiger partial charge in [0.2, 0.25) is 0 Å². The minimum absolute atomic E-state index is 0.0500. The van der Waals surface area contributed by atoms with Crippen LogP contribution in [0.1, 0.15) is 201 Å². The van der Waals surface area contributed by atoms with Crippen LogP contribution < -0.4 is 0 Å². The third kappa shape index (κ3) is 47.5. The Morgan fingerprint density at radius 3 is 1.32 bits per heavy atom. The van der Waals surface area contributed by atoms with Crippen molar-refractivity contribution in [2.45, 2.75) is 213 Å². The Labute approximate surface area is 412 Å². The largest absolute Gasteiger partial charge is 0.472 e. The number of esters is 3. The fourth-order valence-electron chi connectivity index (χ4n) is 6.49. The van der Waals surface area contributed by atoms with Crippen LogP contribution >= 0.6 is 7.82 Å². The van der Waals surface area contributed by atoms with Crippen LogP contribution in [-0.2, 0) is 42.2 Å². The average Bonchev–Trinajstić information content (AvgIpc) is 3.32. The van der Waals surface area contributed by atoms with E-state index >= 15 is 0 Å². The highest BCUT2D eigenvalue weighted by Gasteiger charge is 2.28. The maximum atomic E-state index is 12.8. The number of rotatable bonds is 47. The molecule has 0 aliphatic heterocycles. The van der Waals surface area contributed by atoms with E-state index in [1.807, 2.05) is 18.2 Å². The Bertz CT molecular complexity index is 1510. The van der Waals surface area contributed by atoms with Crippen LogP contribution in [0, 0.1) is 0 Å². The van der Waals surface area contributed by atoms with Crippen molar-refractivity contribution < 1.29 is 52.2 Å². The van der Waals surface area contributed by atoms with Crippen molar-refractivity contribution in [3.63, 3.8) is 0 Å². The van der Waals surface area contributed by atoms with Crippen molar-refractivity contribution in [2.24, 2.45) is 0 Å². The maximum Gasteiger partial charge on any atom is 0.472 e. The first-order chi connectivity index (χ1) is 33.2. The normalized spacial score (nSPS) is 14.2. The zero-order chi connectivity index (χ0) is 49.9. The van der Waals surface area contributed by atoms with E-state index < -0.39 is 57.8 Å². The summed E-state index contributed by atoms with van der Waals surface area (Å²) in [6.07, 6.45) is 56.8.